The maximum atomic E-state index is 5.85. The summed E-state index contributed by atoms with van der Waals surface area (Å²) in [7, 11) is 0. The molecule has 0 bridgehead atoms. The summed E-state index contributed by atoms with van der Waals surface area (Å²) in [5, 5.41) is 3.17. The van der Waals surface area contributed by atoms with Crippen LogP contribution in [0.2, 0.25) is 0 Å². The molecule has 0 aliphatic heterocycles. The van der Waals surface area contributed by atoms with Crippen LogP contribution in [0.3, 0.4) is 0 Å². The highest BCUT2D eigenvalue weighted by atomic mass is 32.1. The number of hydrogen-bond acceptors (Lipinski definition) is 3. The van der Waals surface area contributed by atoms with Gasteiger partial charge in [-0.25, -0.2) is 0 Å². The molecule has 0 radical (unpaired) electrons. The fourth-order valence-corrected chi connectivity index (χ4v) is 2.45. The number of rotatable bonds is 2. The van der Waals surface area contributed by atoms with Crippen molar-refractivity contribution in [2.24, 2.45) is 0 Å². The fraction of sp³-hybridized carbons (Fsp3) is 0.188. The van der Waals surface area contributed by atoms with E-state index in [1.54, 1.807) is 17.5 Å². The normalized spacial score (nSPS) is 9.84. The molecule has 3 rings (SSSR count). The zero-order chi connectivity index (χ0) is 13.7. The number of ether oxygens (including phenoxy) is 1. The lowest BCUT2D eigenvalue weighted by Crippen LogP contribution is -1.85. The van der Waals surface area contributed by atoms with Gasteiger partial charge in [0.05, 0.1) is 10.9 Å². The Balaban J connectivity index is 0.000000637. The molecule has 0 saturated heterocycles. The summed E-state index contributed by atoms with van der Waals surface area (Å²) in [6.07, 6.45) is 3.62. The van der Waals surface area contributed by atoms with Crippen molar-refractivity contribution in [3.63, 3.8) is 0 Å². The van der Waals surface area contributed by atoms with Gasteiger partial charge in [0.1, 0.15) is 5.75 Å². The molecule has 2 aromatic heterocycles. The van der Waals surface area contributed by atoms with E-state index in [0.717, 1.165) is 21.6 Å². The van der Waals surface area contributed by atoms with Crippen LogP contribution < -0.4 is 4.74 Å². The van der Waals surface area contributed by atoms with Crippen LogP contribution in [-0.4, -0.2) is 4.98 Å². The van der Waals surface area contributed by atoms with Gasteiger partial charge in [0.25, 0.3) is 0 Å². The largest absolute Gasteiger partial charge is 0.455 e. The van der Waals surface area contributed by atoms with Crippen LogP contribution in [0.1, 0.15) is 19.4 Å². The van der Waals surface area contributed by atoms with Gasteiger partial charge in [-0.3, -0.25) is 4.98 Å². The monoisotopic (exact) mass is 271 g/mol. The van der Waals surface area contributed by atoms with Gasteiger partial charge in [0, 0.05) is 11.6 Å². The van der Waals surface area contributed by atoms with E-state index in [0.29, 0.717) is 0 Å². The van der Waals surface area contributed by atoms with Gasteiger partial charge in [-0.2, -0.15) is 0 Å². The van der Waals surface area contributed by atoms with Gasteiger partial charge in [0.15, 0.2) is 5.75 Å². The lowest BCUT2D eigenvalue weighted by atomic mass is 10.2. The number of hydrogen-bond donors (Lipinski definition) is 0. The van der Waals surface area contributed by atoms with Crippen molar-refractivity contribution in [3.05, 3.63) is 53.7 Å². The predicted molar refractivity (Wildman–Crippen MR) is 82.2 cm³/mol. The molecule has 2 nitrogen and oxygen atoms in total. The first-order valence-corrected chi connectivity index (χ1v) is 7.26. The molecule has 0 aliphatic carbocycles. The minimum atomic E-state index is 0.813. The van der Waals surface area contributed by atoms with E-state index in [4.69, 9.17) is 4.74 Å². The Bertz CT molecular complexity index is 643. The third-order valence-corrected chi connectivity index (χ3v) is 3.44. The van der Waals surface area contributed by atoms with Gasteiger partial charge in [-0.15, -0.1) is 11.3 Å². The number of aryl methyl sites for hydroxylation is 1. The van der Waals surface area contributed by atoms with Crippen LogP contribution in [0, 0.1) is 6.92 Å². The minimum absolute atomic E-state index is 0.813. The first kappa shape index (κ1) is 13.6. The Labute approximate surface area is 117 Å². The molecule has 0 N–H and O–H groups in total. The zero-order valence-electron chi connectivity index (χ0n) is 11.4. The van der Waals surface area contributed by atoms with Gasteiger partial charge in [-0.05, 0) is 30.5 Å². The van der Waals surface area contributed by atoms with E-state index < -0.39 is 0 Å². The van der Waals surface area contributed by atoms with E-state index in [-0.39, 0.29) is 0 Å². The average Bonchev–Trinajstić information content (AvgIpc) is 2.93. The maximum Gasteiger partial charge on any atom is 0.154 e. The Morgan fingerprint density at radius 1 is 1.00 bits per heavy atom. The van der Waals surface area contributed by atoms with E-state index >= 15 is 0 Å². The van der Waals surface area contributed by atoms with Crippen LogP contribution in [0.4, 0.5) is 0 Å². The highest BCUT2D eigenvalue weighted by molar-refractivity contribution is 7.17. The third-order valence-electron chi connectivity index (χ3n) is 2.59. The lowest BCUT2D eigenvalue weighted by Gasteiger charge is -2.06. The van der Waals surface area contributed by atoms with Crippen LogP contribution in [-0.2, 0) is 0 Å². The first-order chi connectivity index (χ1) is 9.33. The minimum Gasteiger partial charge on any atom is -0.455 e. The number of nitrogens with zero attached hydrogens (tertiary/aromatic N) is 1. The van der Waals surface area contributed by atoms with E-state index in [2.05, 4.69) is 18.0 Å². The summed E-state index contributed by atoms with van der Waals surface area (Å²) in [5.74, 6) is 1.66. The molecule has 3 aromatic rings. The van der Waals surface area contributed by atoms with Gasteiger partial charge in [-0.1, -0.05) is 31.5 Å². The quantitative estimate of drug-likeness (QED) is 0.620. The van der Waals surface area contributed by atoms with Crippen LogP contribution >= 0.6 is 11.3 Å². The van der Waals surface area contributed by atoms with E-state index in [1.165, 1.54) is 5.56 Å². The lowest BCUT2D eigenvalue weighted by molar-refractivity contribution is 0.486. The van der Waals surface area contributed by atoms with Gasteiger partial charge < -0.3 is 4.74 Å². The number of fused-ring (bicyclic) bond motifs is 1. The van der Waals surface area contributed by atoms with Crippen molar-refractivity contribution in [3.8, 4) is 11.5 Å². The molecule has 0 aliphatic rings. The fourth-order valence-electron chi connectivity index (χ4n) is 1.68. The van der Waals surface area contributed by atoms with Crippen LogP contribution in [0.5, 0.6) is 11.5 Å². The topological polar surface area (TPSA) is 22.1 Å². The summed E-state index contributed by atoms with van der Waals surface area (Å²) < 4.78 is 7.00. The highest BCUT2D eigenvalue weighted by Crippen LogP contribution is 2.31. The second-order valence-electron chi connectivity index (χ2n) is 3.89. The Hall–Kier alpha value is -1.87. The summed E-state index contributed by atoms with van der Waals surface area (Å²) in [6.45, 7) is 6.06. The van der Waals surface area contributed by atoms with Gasteiger partial charge in [0.2, 0.25) is 0 Å². The molecule has 0 atom stereocenters. The molecule has 2 heterocycles. The summed E-state index contributed by atoms with van der Waals surface area (Å²) in [4.78, 5) is 4.18. The van der Waals surface area contributed by atoms with Crippen molar-refractivity contribution < 1.29 is 4.74 Å². The average molecular weight is 271 g/mol. The Kier molecular flexibility index (Phi) is 4.53. The molecular weight excluding hydrogens is 254 g/mol. The van der Waals surface area contributed by atoms with Crippen LogP contribution in [0.25, 0.3) is 10.1 Å². The molecule has 3 heteroatoms. The Morgan fingerprint density at radius 3 is 2.47 bits per heavy atom. The Morgan fingerprint density at radius 2 is 1.74 bits per heavy atom. The summed E-state index contributed by atoms with van der Waals surface area (Å²) in [6, 6.07) is 10.1. The summed E-state index contributed by atoms with van der Waals surface area (Å²) in [5.41, 5.74) is 1.23. The SMILES string of the molecule is CC.Cc1ccc(Oc2cncc3sccc23)cc1. The van der Waals surface area contributed by atoms with Crippen molar-refractivity contribution in [2.75, 3.05) is 0 Å². The van der Waals surface area contributed by atoms with Crippen molar-refractivity contribution >= 4 is 21.4 Å². The summed E-state index contributed by atoms with van der Waals surface area (Å²) >= 11 is 1.67. The smallest absolute Gasteiger partial charge is 0.154 e. The second kappa shape index (κ2) is 6.34. The standard InChI is InChI=1S/C14H11NOS.C2H6/c1-10-2-4-11(5-3-10)16-13-8-15-9-14-12(13)6-7-17-14;1-2/h2-9H,1H3;1-2H3. The van der Waals surface area contributed by atoms with Gasteiger partial charge >= 0.3 is 0 Å². The molecular formula is C16H17NOS. The molecule has 0 unspecified atom stereocenters. The number of aromatic nitrogens is 1. The molecule has 1 aromatic carbocycles. The van der Waals surface area contributed by atoms with E-state index in [1.807, 2.05) is 49.7 Å². The molecule has 0 spiro atoms. The van der Waals surface area contributed by atoms with Crippen LogP contribution in [0.15, 0.2) is 48.1 Å². The molecule has 0 saturated carbocycles. The third kappa shape index (κ3) is 3.12. The van der Waals surface area contributed by atoms with Crippen molar-refractivity contribution in [2.45, 2.75) is 20.8 Å². The maximum absolute atomic E-state index is 5.85. The number of thiophene rings is 1. The highest BCUT2D eigenvalue weighted by Gasteiger charge is 2.04. The molecule has 0 amide bonds. The second-order valence-corrected chi connectivity index (χ2v) is 4.83. The van der Waals surface area contributed by atoms with Crippen molar-refractivity contribution in [1.29, 1.82) is 0 Å². The van der Waals surface area contributed by atoms with Crippen molar-refractivity contribution in [1.82, 2.24) is 4.98 Å². The number of pyridine rings is 1. The van der Waals surface area contributed by atoms with E-state index in [9.17, 15) is 0 Å². The molecule has 0 fully saturated rings. The molecule has 98 valence electrons. The zero-order valence-corrected chi connectivity index (χ0v) is 12.2. The predicted octanol–water partition coefficient (Wildman–Crippen LogP) is 5.42. The number of benzene rings is 1. The molecule has 19 heavy (non-hydrogen) atoms. The first-order valence-electron chi connectivity index (χ1n) is 6.39.